The van der Waals surface area contributed by atoms with Crippen molar-refractivity contribution >= 4 is 6.03 Å². The molecule has 6 heteroatoms. The lowest BCUT2D eigenvalue weighted by Crippen LogP contribution is -2.59. The van der Waals surface area contributed by atoms with Gasteiger partial charge in [-0.15, -0.1) is 0 Å². The molecule has 0 aromatic heterocycles. The summed E-state index contributed by atoms with van der Waals surface area (Å²) in [6, 6.07) is 13.4. The Morgan fingerprint density at radius 3 is 2.13 bits per heavy atom. The van der Waals surface area contributed by atoms with E-state index in [4.69, 9.17) is 0 Å². The molecule has 2 saturated heterocycles. The number of benzene rings is 2. The summed E-state index contributed by atoms with van der Waals surface area (Å²) in [5, 5.41) is 6.58. The highest BCUT2D eigenvalue weighted by atomic mass is 19.1. The maximum Gasteiger partial charge on any atom is 0.318 e. The summed E-state index contributed by atoms with van der Waals surface area (Å²) >= 11 is 0. The first-order chi connectivity index (χ1) is 14.3. The lowest BCUT2D eigenvalue weighted by atomic mass is 9.86. The Morgan fingerprint density at radius 1 is 1.00 bits per heavy atom. The second kappa shape index (κ2) is 8.34. The summed E-state index contributed by atoms with van der Waals surface area (Å²) in [5.74, 6) is -0.473. The highest BCUT2D eigenvalue weighted by molar-refractivity contribution is 5.79. The van der Waals surface area contributed by atoms with Gasteiger partial charge in [0.05, 0.1) is 11.6 Å². The largest absolute Gasteiger partial charge is 0.331 e. The van der Waals surface area contributed by atoms with E-state index in [0.29, 0.717) is 0 Å². The molecule has 2 heterocycles. The fraction of sp³-hybridized carbons (Fsp3) is 0.458. The van der Waals surface area contributed by atoms with Gasteiger partial charge in [0.2, 0.25) is 0 Å². The number of carbonyl (C=O) groups excluding carboxylic acids is 1. The minimum atomic E-state index is -0.265. The number of urea groups is 1. The van der Waals surface area contributed by atoms with Gasteiger partial charge < -0.3 is 15.5 Å². The van der Waals surface area contributed by atoms with Crippen LogP contribution in [-0.2, 0) is 0 Å². The Balaban J connectivity index is 1.47. The van der Waals surface area contributed by atoms with E-state index in [2.05, 4.69) is 24.5 Å². The zero-order valence-corrected chi connectivity index (χ0v) is 17.5. The quantitative estimate of drug-likeness (QED) is 0.737. The van der Waals surface area contributed by atoms with Crippen molar-refractivity contribution in [1.29, 1.82) is 0 Å². The number of piperazine rings is 1. The Labute approximate surface area is 176 Å². The Hall–Kier alpha value is -2.47. The number of nitrogens with one attached hydrogen (secondary N) is 2. The summed E-state index contributed by atoms with van der Waals surface area (Å²) < 4.78 is 26.8. The first-order valence-corrected chi connectivity index (χ1v) is 10.7. The van der Waals surface area contributed by atoms with Crippen LogP contribution in [0.4, 0.5) is 13.6 Å². The van der Waals surface area contributed by atoms with Crippen LogP contribution in [-0.4, -0.2) is 41.6 Å². The summed E-state index contributed by atoms with van der Waals surface area (Å²) in [7, 11) is 0. The van der Waals surface area contributed by atoms with E-state index in [-0.39, 0.29) is 41.2 Å². The molecule has 4 nitrogen and oxygen atoms in total. The predicted molar refractivity (Wildman–Crippen MR) is 113 cm³/mol. The highest BCUT2D eigenvalue weighted by Crippen LogP contribution is 2.33. The van der Waals surface area contributed by atoms with Crippen LogP contribution in [0, 0.1) is 11.6 Å². The fourth-order valence-corrected chi connectivity index (χ4v) is 4.89. The average Bonchev–Trinajstić information content (AvgIpc) is 2.96. The normalized spacial score (nSPS) is 22.8. The van der Waals surface area contributed by atoms with E-state index in [0.717, 1.165) is 43.5 Å². The van der Waals surface area contributed by atoms with Crippen LogP contribution in [0.15, 0.2) is 48.5 Å². The molecule has 0 radical (unpaired) electrons. The van der Waals surface area contributed by atoms with Crippen molar-refractivity contribution in [2.24, 2.45) is 0 Å². The first kappa shape index (κ1) is 20.8. The van der Waals surface area contributed by atoms with Gasteiger partial charge in [-0.1, -0.05) is 30.7 Å². The lowest BCUT2D eigenvalue weighted by Gasteiger charge is -2.41. The van der Waals surface area contributed by atoms with Crippen molar-refractivity contribution in [2.45, 2.75) is 56.7 Å². The molecular formula is C24H29F2N3O. The smallest absolute Gasteiger partial charge is 0.318 e. The van der Waals surface area contributed by atoms with Gasteiger partial charge in [0, 0.05) is 25.0 Å². The van der Waals surface area contributed by atoms with Crippen LogP contribution < -0.4 is 10.6 Å². The fourth-order valence-electron chi connectivity index (χ4n) is 4.89. The van der Waals surface area contributed by atoms with Gasteiger partial charge in [0.25, 0.3) is 0 Å². The van der Waals surface area contributed by atoms with Gasteiger partial charge in [0.15, 0.2) is 0 Å². The molecule has 30 heavy (non-hydrogen) atoms. The number of halogens is 2. The number of hydrogen-bond donors (Lipinski definition) is 2. The number of hydrogen-bond acceptors (Lipinski definition) is 2. The lowest BCUT2D eigenvalue weighted by molar-refractivity contribution is 0.124. The molecule has 2 amide bonds. The number of amides is 2. The van der Waals surface area contributed by atoms with Crippen molar-refractivity contribution in [3.63, 3.8) is 0 Å². The molecule has 2 aliphatic rings. The number of carbonyl (C=O) groups is 1. The van der Waals surface area contributed by atoms with E-state index in [1.54, 1.807) is 24.3 Å². The third kappa shape index (κ3) is 4.19. The minimum absolute atomic E-state index is 0.0186. The first-order valence-electron chi connectivity index (χ1n) is 10.7. The monoisotopic (exact) mass is 413 g/mol. The molecule has 160 valence electrons. The zero-order chi connectivity index (χ0) is 21.3. The second-order valence-corrected chi connectivity index (χ2v) is 8.97. The topological polar surface area (TPSA) is 44.4 Å². The molecular weight excluding hydrogens is 384 g/mol. The van der Waals surface area contributed by atoms with Crippen molar-refractivity contribution < 1.29 is 13.6 Å². The van der Waals surface area contributed by atoms with Crippen molar-refractivity contribution in [2.75, 3.05) is 13.1 Å². The summed E-state index contributed by atoms with van der Waals surface area (Å²) in [6.45, 7) is 5.73. The van der Waals surface area contributed by atoms with Crippen molar-refractivity contribution in [3.05, 3.63) is 71.3 Å². The maximum atomic E-state index is 13.4. The van der Waals surface area contributed by atoms with Crippen molar-refractivity contribution in [1.82, 2.24) is 15.5 Å². The molecule has 2 fully saturated rings. The predicted octanol–water partition coefficient (Wildman–Crippen LogP) is 4.41. The van der Waals surface area contributed by atoms with E-state index in [1.165, 1.54) is 24.3 Å². The molecule has 0 aliphatic carbocycles. The minimum Gasteiger partial charge on any atom is -0.331 e. The summed E-state index contributed by atoms with van der Waals surface area (Å²) in [5.41, 5.74) is 1.79. The summed E-state index contributed by atoms with van der Waals surface area (Å²) in [4.78, 5) is 14.6. The van der Waals surface area contributed by atoms with Crippen LogP contribution in [0.1, 0.15) is 50.2 Å². The van der Waals surface area contributed by atoms with Gasteiger partial charge in [-0.3, -0.25) is 0 Å². The Morgan fingerprint density at radius 2 is 1.57 bits per heavy atom. The third-order valence-electron chi connectivity index (χ3n) is 6.52. The van der Waals surface area contributed by atoms with E-state index >= 15 is 0 Å². The SMILES string of the molecule is CC1(C)NC(=O)N2C(CCCC(c3ccc(F)cc3)c3ccc(F)cc3)CNCC21. The van der Waals surface area contributed by atoms with Crippen LogP contribution in [0.5, 0.6) is 0 Å². The van der Waals surface area contributed by atoms with Gasteiger partial charge in [-0.25, -0.2) is 13.6 Å². The molecule has 2 aliphatic heterocycles. The molecule has 2 unspecified atom stereocenters. The van der Waals surface area contributed by atoms with Crippen molar-refractivity contribution in [3.8, 4) is 0 Å². The van der Waals surface area contributed by atoms with E-state index < -0.39 is 0 Å². The molecule has 4 rings (SSSR count). The molecule has 0 saturated carbocycles. The molecule has 0 bridgehead atoms. The third-order valence-corrected chi connectivity index (χ3v) is 6.52. The number of nitrogens with zero attached hydrogens (tertiary/aromatic N) is 1. The van der Waals surface area contributed by atoms with E-state index in [9.17, 15) is 13.6 Å². The maximum absolute atomic E-state index is 13.4. The molecule has 2 atom stereocenters. The van der Waals surface area contributed by atoms with Gasteiger partial charge in [-0.2, -0.15) is 0 Å². The van der Waals surface area contributed by atoms with Crippen LogP contribution >= 0.6 is 0 Å². The average molecular weight is 414 g/mol. The van der Waals surface area contributed by atoms with Gasteiger partial charge in [-0.05, 0) is 62.1 Å². The molecule has 2 N–H and O–H groups in total. The Kier molecular flexibility index (Phi) is 5.78. The van der Waals surface area contributed by atoms with Crippen LogP contribution in [0.3, 0.4) is 0 Å². The standard InChI is InChI=1S/C24H29F2N3O/c1-24(2)22-15-27-14-20(29(22)23(30)28-24)4-3-5-21(16-6-10-18(25)11-7-16)17-8-12-19(26)13-9-17/h6-13,20-22,27H,3-5,14-15H2,1-2H3,(H,28,30). The highest BCUT2D eigenvalue weighted by Gasteiger charge is 2.49. The van der Waals surface area contributed by atoms with Gasteiger partial charge >= 0.3 is 6.03 Å². The Bertz CT molecular complexity index is 837. The second-order valence-electron chi connectivity index (χ2n) is 8.97. The van der Waals surface area contributed by atoms with E-state index in [1.807, 2.05) is 4.90 Å². The summed E-state index contributed by atoms with van der Waals surface area (Å²) in [6.07, 6.45) is 2.63. The van der Waals surface area contributed by atoms with Gasteiger partial charge in [0.1, 0.15) is 11.6 Å². The zero-order valence-electron chi connectivity index (χ0n) is 17.5. The van der Waals surface area contributed by atoms with Crippen LogP contribution in [0.2, 0.25) is 0 Å². The molecule has 2 aromatic carbocycles. The van der Waals surface area contributed by atoms with Crippen LogP contribution in [0.25, 0.3) is 0 Å². The number of rotatable bonds is 6. The number of fused-ring (bicyclic) bond motifs is 1. The molecule has 0 spiro atoms. The molecule has 2 aromatic rings.